The molecule has 74 valence electrons. The molecule has 14 heavy (non-hydrogen) atoms. The van der Waals surface area contributed by atoms with Crippen molar-refractivity contribution in [3.8, 4) is 0 Å². The standard InChI is InChI=1S/C11H12FNO/c1-3-11(14)13(4-2)10-7-5-6-9(12)8-10/h3,5-8H,1,4H2,2H3. The molecular weight excluding hydrogens is 181 g/mol. The first kappa shape index (κ1) is 10.4. The molecule has 3 heteroatoms. The fraction of sp³-hybridized carbons (Fsp3) is 0.182. The van der Waals surface area contributed by atoms with E-state index in [1.165, 1.54) is 23.1 Å². The van der Waals surface area contributed by atoms with E-state index in [4.69, 9.17) is 0 Å². The Bertz CT molecular complexity index is 349. The van der Waals surface area contributed by atoms with Gasteiger partial charge in [-0.15, -0.1) is 0 Å². The molecule has 0 spiro atoms. The summed E-state index contributed by atoms with van der Waals surface area (Å²) >= 11 is 0. The Morgan fingerprint density at radius 3 is 2.86 bits per heavy atom. The van der Waals surface area contributed by atoms with Gasteiger partial charge in [0.15, 0.2) is 0 Å². The number of hydrogen-bond donors (Lipinski definition) is 0. The summed E-state index contributed by atoms with van der Waals surface area (Å²) in [5.74, 6) is -0.573. The number of benzene rings is 1. The van der Waals surface area contributed by atoms with Crippen molar-refractivity contribution in [1.29, 1.82) is 0 Å². The highest BCUT2D eigenvalue weighted by Crippen LogP contribution is 2.15. The van der Waals surface area contributed by atoms with Crippen LogP contribution in [-0.2, 0) is 4.79 Å². The molecule has 0 saturated carbocycles. The zero-order valence-electron chi connectivity index (χ0n) is 8.03. The molecule has 0 radical (unpaired) electrons. The van der Waals surface area contributed by atoms with E-state index < -0.39 is 0 Å². The Morgan fingerprint density at radius 2 is 2.36 bits per heavy atom. The minimum atomic E-state index is -0.349. The summed E-state index contributed by atoms with van der Waals surface area (Å²) in [4.78, 5) is 12.8. The predicted octanol–water partition coefficient (Wildman–Crippen LogP) is 2.36. The average Bonchev–Trinajstić information content (AvgIpc) is 2.19. The fourth-order valence-electron chi connectivity index (χ4n) is 1.22. The number of hydrogen-bond acceptors (Lipinski definition) is 1. The summed E-state index contributed by atoms with van der Waals surface area (Å²) in [7, 11) is 0. The summed E-state index contributed by atoms with van der Waals surface area (Å²) in [6.45, 7) is 5.71. The molecule has 0 aliphatic rings. The first-order valence-electron chi connectivity index (χ1n) is 4.38. The van der Waals surface area contributed by atoms with Crippen LogP contribution in [0.3, 0.4) is 0 Å². The van der Waals surface area contributed by atoms with E-state index in [2.05, 4.69) is 6.58 Å². The van der Waals surface area contributed by atoms with Crippen molar-refractivity contribution in [1.82, 2.24) is 0 Å². The molecule has 1 amide bonds. The molecule has 0 aromatic heterocycles. The maximum absolute atomic E-state index is 12.9. The molecule has 1 aromatic carbocycles. The lowest BCUT2D eigenvalue weighted by molar-refractivity contribution is -0.114. The second-order valence-electron chi connectivity index (χ2n) is 2.77. The van der Waals surface area contributed by atoms with Gasteiger partial charge in [0.05, 0.1) is 0 Å². The number of halogens is 1. The van der Waals surface area contributed by atoms with E-state index in [1.807, 2.05) is 6.92 Å². The molecule has 0 heterocycles. The van der Waals surface area contributed by atoms with Crippen molar-refractivity contribution in [2.45, 2.75) is 6.92 Å². The largest absolute Gasteiger partial charge is 0.309 e. The van der Waals surface area contributed by atoms with Crippen LogP contribution < -0.4 is 4.90 Å². The summed E-state index contributed by atoms with van der Waals surface area (Å²) in [6.07, 6.45) is 1.22. The Kier molecular flexibility index (Phi) is 3.40. The fourth-order valence-corrected chi connectivity index (χ4v) is 1.22. The Hall–Kier alpha value is -1.64. The van der Waals surface area contributed by atoms with Crippen LogP contribution in [0.5, 0.6) is 0 Å². The summed E-state index contributed by atoms with van der Waals surface area (Å²) in [6, 6.07) is 5.93. The zero-order valence-corrected chi connectivity index (χ0v) is 8.03. The maximum Gasteiger partial charge on any atom is 0.250 e. The highest BCUT2D eigenvalue weighted by molar-refractivity contribution is 6.00. The van der Waals surface area contributed by atoms with Crippen molar-refractivity contribution in [3.63, 3.8) is 0 Å². The van der Waals surface area contributed by atoms with Crippen LogP contribution in [0.4, 0.5) is 10.1 Å². The average molecular weight is 193 g/mol. The zero-order chi connectivity index (χ0) is 10.6. The van der Waals surface area contributed by atoms with Crippen LogP contribution in [0, 0.1) is 5.82 Å². The van der Waals surface area contributed by atoms with Gasteiger partial charge in [-0.1, -0.05) is 12.6 Å². The molecule has 0 N–H and O–H groups in total. The van der Waals surface area contributed by atoms with Gasteiger partial charge in [0.2, 0.25) is 5.91 Å². The molecule has 0 aliphatic carbocycles. The SMILES string of the molecule is C=CC(=O)N(CC)c1cccc(F)c1. The Morgan fingerprint density at radius 1 is 1.64 bits per heavy atom. The second-order valence-corrected chi connectivity index (χ2v) is 2.77. The molecule has 0 fully saturated rings. The van der Waals surface area contributed by atoms with Crippen LogP contribution in [0.15, 0.2) is 36.9 Å². The normalized spacial score (nSPS) is 9.57. The van der Waals surface area contributed by atoms with Crippen LogP contribution in [0.1, 0.15) is 6.92 Å². The van der Waals surface area contributed by atoms with Crippen LogP contribution in [0.25, 0.3) is 0 Å². The van der Waals surface area contributed by atoms with E-state index in [-0.39, 0.29) is 11.7 Å². The number of carbonyl (C=O) groups excluding carboxylic acids is 1. The molecule has 1 rings (SSSR count). The molecular formula is C11H12FNO. The number of likely N-dealkylation sites (N-methyl/N-ethyl adjacent to an activating group) is 1. The van der Waals surface area contributed by atoms with Crippen LogP contribution in [0.2, 0.25) is 0 Å². The minimum Gasteiger partial charge on any atom is -0.309 e. The Balaban J connectivity index is 3.00. The molecule has 0 atom stereocenters. The lowest BCUT2D eigenvalue weighted by Crippen LogP contribution is -2.28. The van der Waals surface area contributed by atoms with Crippen LogP contribution >= 0.6 is 0 Å². The van der Waals surface area contributed by atoms with Gasteiger partial charge >= 0.3 is 0 Å². The third-order valence-corrected chi connectivity index (χ3v) is 1.88. The van der Waals surface area contributed by atoms with Crippen molar-refractivity contribution < 1.29 is 9.18 Å². The van der Waals surface area contributed by atoms with E-state index in [1.54, 1.807) is 12.1 Å². The lowest BCUT2D eigenvalue weighted by Gasteiger charge is -2.18. The monoisotopic (exact) mass is 193 g/mol. The maximum atomic E-state index is 12.9. The smallest absolute Gasteiger partial charge is 0.250 e. The highest BCUT2D eigenvalue weighted by Gasteiger charge is 2.10. The summed E-state index contributed by atoms with van der Waals surface area (Å²) in [5, 5.41) is 0. The number of carbonyl (C=O) groups is 1. The molecule has 0 bridgehead atoms. The third kappa shape index (κ3) is 2.19. The Labute approximate surface area is 82.7 Å². The number of nitrogens with zero attached hydrogens (tertiary/aromatic N) is 1. The first-order valence-corrected chi connectivity index (χ1v) is 4.38. The van der Waals surface area contributed by atoms with E-state index in [9.17, 15) is 9.18 Å². The third-order valence-electron chi connectivity index (χ3n) is 1.88. The van der Waals surface area contributed by atoms with Gasteiger partial charge in [0, 0.05) is 12.2 Å². The molecule has 1 aromatic rings. The van der Waals surface area contributed by atoms with E-state index >= 15 is 0 Å². The van der Waals surface area contributed by atoms with Gasteiger partial charge in [-0.2, -0.15) is 0 Å². The van der Waals surface area contributed by atoms with Crippen molar-refractivity contribution in [3.05, 3.63) is 42.7 Å². The highest BCUT2D eigenvalue weighted by atomic mass is 19.1. The van der Waals surface area contributed by atoms with Crippen LogP contribution in [-0.4, -0.2) is 12.5 Å². The topological polar surface area (TPSA) is 20.3 Å². The summed E-state index contributed by atoms with van der Waals surface area (Å²) < 4.78 is 12.9. The van der Waals surface area contributed by atoms with Crippen molar-refractivity contribution in [2.24, 2.45) is 0 Å². The first-order chi connectivity index (χ1) is 6.69. The molecule has 0 aliphatic heterocycles. The number of amides is 1. The van der Waals surface area contributed by atoms with E-state index in [0.29, 0.717) is 12.2 Å². The molecule has 0 saturated heterocycles. The number of rotatable bonds is 3. The lowest BCUT2D eigenvalue weighted by atomic mass is 10.2. The van der Waals surface area contributed by atoms with Crippen molar-refractivity contribution >= 4 is 11.6 Å². The van der Waals surface area contributed by atoms with Crippen molar-refractivity contribution in [2.75, 3.05) is 11.4 Å². The summed E-state index contributed by atoms with van der Waals surface area (Å²) in [5.41, 5.74) is 0.553. The second kappa shape index (κ2) is 4.56. The van der Waals surface area contributed by atoms with Gasteiger partial charge in [0.25, 0.3) is 0 Å². The molecule has 2 nitrogen and oxygen atoms in total. The molecule has 0 unspecified atom stereocenters. The van der Waals surface area contributed by atoms with Gasteiger partial charge in [-0.25, -0.2) is 4.39 Å². The predicted molar refractivity (Wildman–Crippen MR) is 54.6 cm³/mol. The minimum absolute atomic E-state index is 0.224. The number of anilines is 1. The van der Waals surface area contributed by atoms with Gasteiger partial charge in [-0.05, 0) is 31.2 Å². The quantitative estimate of drug-likeness (QED) is 0.675. The van der Waals surface area contributed by atoms with Gasteiger partial charge < -0.3 is 4.90 Å². The van der Waals surface area contributed by atoms with Gasteiger partial charge in [-0.3, -0.25) is 4.79 Å². The van der Waals surface area contributed by atoms with Gasteiger partial charge in [0.1, 0.15) is 5.82 Å². The van der Waals surface area contributed by atoms with E-state index in [0.717, 1.165) is 0 Å².